The van der Waals surface area contributed by atoms with Gasteiger partial charge in [0.1, 0.15) is 11.2 Å². The van der Waals surface area contributed by atoms with Crippen molar-refractivity contribution in [3.63, 3.8) is 0 Å². The molecule has 10 rings (SSSR count). The molecule has 47 heavy (non-hydrogen) atoms. The van der Waals surface area contributed by atoms with Crippen LogP contribution >= 0.6 is 0 Å². The minimum Gasteiger partial charge on any atom is -0.454 e. The Kier molecular flexibility index (Phi) is 5.57. The fourth-order valence-corrected chi connectivity index (χ4v) is 7.24. The third-order valence-corrected chi connectivity index (χ3v) is 9.43. The van der Waals surface area contributed by atoms with Crippen LogP contribution in [0.25, 0.3) is 76.5 Å². The van der Waals surface area contributed by atoms with Gasteiger partial charge in [0.25, 0.3) is 0 Å². The zero-order valence-corrected chi connectivity index (χ0v) is 25.4. The molecule has 0 N–H and O–H groups in total. The third-order valence-electron chi connectivity index (χ3n) is 9.43. The van der Waals surface area contributed by atoms with Gasteiger partial charge in [-0.1, -0.05) is 121 Å². The highest BCUT2D eigenvalue weighted by molar-refractivity contribution is 6.14. The molecule has 0 saturated heterocycles. The van der Waals surface area contributed by atoms with Crippen LogP contribution in [0.2, 0.25) is 0 Å². The molecule has 0 aliphatic carbocycles. The summed E-state index contributed by atoms with van der Waals surface area (Å²) >= 11 is 0. The minimum atomic E-state index is 0.841. The van der Waals surface area contributed by atoms with Gasteiger partial charge in [-0.05, 0) is 75.1 Å². The predicted octanol–water partition coefficient (Wildman–Crippen LogP) is 12.9. The minimum absolute atomic E-state index is 0.841. The molecule has 3 heteroatoms. The van der Waals surface area contributed by atoms with E-state index < -0.39 is 0 Å². The third kappa shape index (κ3) is 4.00. The van der Waals surface area contributed by atoms with E-state index in [0.717, 1.165) is 66.3 Å². The lowest BCUT2D eigenvalue weighted by Crippen LogP contribution is -2.10. The highest BCUT2D eigenvalue weighted by Crippen LogP contribution is 2.46. The van der Waals surface area contributed by atoms with Crippen LogP contribution in [0.4, 0.5) is 17.1 Å². The van der Waals surface area contributed by atoms with Crippen LogP contribution in [-0.2, 0) is 0 Å². The van der Waals surface area contributed by atoms with Crippen LogP contribution in [-0.4, -0.2) is 0 Å². The Bertz CT molecular complexity index is 2700. The van der Waals surface area contributed by atoms with E-state index in [-0.39, 0.29) is 0 Å². The number of anilines is 3. The number of nitrogens with zero attached hydrogens (tertiary/aromatic N) is 1. The molecule has 0 atom stereocenters. The maximum Gasteiger partial charge on any atom is 0.159 e. The number of rotatable bonds is 4. The maximum atomic E-state index is 6.59. The summed E-state index contributed by atoms with van der Waals surface area (Å²) in [6, 6.07) is 57.8. The molecule has 220 valence electrons. The average molecular weight is 602 g/mol. The Hall–Kier alpha value is -6.32. The molecular formula is C44H27NO2. The smallest absolute Gasteiger partial charge is 0.159 e. The largest absolute Gasteiger partial charge is 0.454 e. The van der Waals surface area contributed by atoms with Gasteiger partial charge in [0.05, 0.1) is 11.4 Å². The Morgan fingerprint density at radius 2 is 0.894 bits per heavy atom. The molecule has 0 fully saturated rings. The molecule has 10 aromatic rings. The van der Waals surface area contributed by atoms with Gasteiger partial charge in [0.15, 0.2) is 11.2 Å². The number of benzene rings is 8. The lowest BCUT2D eigenvalue weighted by Gasteiger charge is -2.26. The van der Waals surface area contributed by atoms with Crippen LogP contribution in [0.15, 0.2) is 173 Å². The van der Waals surface area contributed by atoms with Crippen LogP contribution in [0.5, 0.6) is 0 Å². The second-order valence-corrected chi connectivity index (χ2v) is 12.1. The molecule has 0 aliphatic heterocycles. The number of furan rings is 2. The van der Waals surface area contributed by atoms with E-state index in [9.17, 15) is 0 Å². The van der Waals surface area contributed by atoms with Gasteiger partial charge < -0.3 is 13.7 Å². The summed E-state index contributed by atoms with van der Waals surface area (Å²) in [6.45, 7) is 0. The zero-order valence-electron chi connectivity index (χ0n) is 25.4. The normalized spacial score (nSPS) is 11.8. The first-order valence-electron chi connectivity index (χ1n) is 15.9. The molecule has 0 amide bonds. The van der Waals surface area contributed by atoms with Crippen molar-refractivity contribution in [1.82, 2.24) is 0 Å². The summed E-state index contributed by atoms with van der Waals surface area (Å²) in [5.74, 6) is 0. The number of hydrogen-bond acceptors (Lipinski definition) is 3. The van der Waals surface area contributed by atoms with E-state index in [0.29, 0.717) is 0 Å². The molecule has 8 aromatic carbocycles. The van der Waals surface area contributed by atoms with Gasteiger partial charge in [0.2, 0.25) is 0 Å². The van der Waals surface area contributed by atoms with Crippen molar-refractivity contribution in [3.05, 3.63) is 164 Å². The predicted molar refractivity (Wildman–Crippen MR) is 196 cm³/mol. The molecule has 2 heterocycles. The van der Waals surface area contributed by atoms with Crippen LogP contribution < -0.4 is 4.90 Å². The summed E-state index contributed by atoms with van der Waals surface area (Å²) in [5, 5.41) is 9.22. The number of fused-ring (bicyclic) bond motifs is 8. The van der Waals surface area contributed by atoms with Crippen molar-refractivity contribution in [2.45, 2.75) is 0 Å². The van der Waals surface area contributed by atoms with Crippen molar-refractivity contribution in [3.8, 4) is 11.1 Å². The monoisotopic (exact) mass is 601 g/mol. The van der Waals surface area contributed by atoms with Crippen molar-refractivity contribution in [2.24, 2.45) is 0 Å². The highest BCUT2D eigenvalue weighted by atomic mass is 16.3. The summed E-state index contributed by atoms with van der Waals surface area (Å²) in [5.41, 5.74) is 8.81. The molecule has 0 unspecified atom stereocenters. The molecule has 0 bridgehead atoms. The van der Waals surface area contributed by atoms with E-state index in [1.165, 1.54) is 27.3 Å². The molecule has 0 spiro atoms. The van der Waals surface area contributed by atoms with Gasteiger partial charge in [-0.15, -0.1) is 0 Å². The number of hydrogen-bond donors (Lipinski definition) is 0. The summed E-state index contributed by atoms with van der Waals surface area (Å²) in [4.78, 5) is 2.29. The second-order valence-electron chi connectivity index (χ2n) is 12.1. The maximum absolute atomic E-state index is 6.59. The topological polar surface area (TPSA) is 29.5 Å². The molecule has 0 radical (unpaired) electrons. The molecule has 3 nitrogen and oxygen atoms in total. The Labute approximate surface area is 270 Å². The van der Waals surface area contributed by atoms with E-state index in [4.69, 9.17) is 8.83 Å². The molecule has 2 aromatic heterocycles. The first-order chi connectivity index (χ1) is 23.3. The Morgan fingerprint density at radius 1 is 0.362 bits per heavy atom. The first kappa shape index (κ1) is 26.0. The summed E-state index contributed by atoms with van der Waals surface area (Å²) < 4.78 is 13.2. The van der Waals surface area contributed by atoms with Crippen molar-refractivity contribution >= 4 is 82.5 Å². The zero-order chi connectivity index (χ0) is 30.9. The molecular weight excluding hydrogens is 574 g/mol. The Morgan fingerprint density at radius 3 is 1.60 bits per heavy atom. The van der Waals surface area contributed by atoms with Crippen molar-refractivity contribution in [2.75, 3.05) is 4.90 Å². The molecule has 0 aliphatic rings. The van der Waals surface area contributed by atoms with E-state index in [1.54, 1.807) is 0 Å². The second kappa shape index (κ2) is 10.1. The number of para-hydroxylation sites is 4. The van der Waals surface area contributed by atoms with Gasteiger partial charge in [-0.2, -0.15) is 0 Å². The fourth-order valence-electron chi connectivity index (χ4n) is 7.24. The Balaban J connectivity index is 1.21. The van der Waals surface area contributed by atoms with Gasteiger partial charge in [0, 0.05) is 27.2 Å². The van der Waals surface area contributed by atoms with Crippen molar-refractivity contribution < 1.29 is 8.83 Å². The lowest BCUT2D eigenvalue weighted by molar-refractivity contribution is 0.666. The van der Waals surface area contributed by atoms with E-state index >= 15 is 0 Å². The summed E-state index contributed by atoms with van der Waals surface area (Å²) in [7, 11) is 0. The summed E-state index contributed by atoms with van der Waals surface area (Å²) in [6.07, 6.45) is 0. The standard InChI is InChI=1S/C44H27NO2/c1-2-12-33-28(10-1)11-7-15-34(33)31-23-22-30-27-32(25-24-29(30)26-31)45(39-18-8-16-37-35-13-3-5-20-41(35)46-43(37)39)40-19-9-17-38-36-14-4-6-21-42(36)47-44(38)40/h1-27H. The van der Waals surface area contributed by atoms with E-state index in [2.05, 4.69) is 144 Å². The molecule has 0 saturated carbocycles. The van der Waals surface area contributed by atoms with Crippen LogP contribution in [0.1, 0.15) is 0 Å². The van der Waals surface area contributed by atoms with Crippen LogP contribution in [0, 0.1) is 0 Å². The first-order valence-corrected chi connectivity index (χ1v) is 15.9. The fraction of sp³-hybridized carbons (Fsp3) is 0. The van der Waals surface area contributed by atoms with Crippen LogP contribution in [0.3, 0.4) is 0 Å². The highest BCUT2D eigenvalue weighted by Gasteiger charge is 2.23. The van der Waals surface area contributed by atoms with Gasteiger partial charge in [-0.25, -0.2) is 0 Å². The quantitative estimate of drug-likeness (QED) is 0.201. The average Bonchev–Trinajstić information content (AvgIpc) is 3.71. The van der Waals surface area contributed by atoms with Gasteiger partial charge >= 0.3 is 0 Å². The lowest BCUT2D eigenvalue weighted by atomic mass is 9.96. The SMILES string of the molecule is c1ccc2c(-c3ccc4cc(N(c5cccc6c5oc5ccccc56)c5cccc6c5oc5ccccc56)ccc4c3)cccc2c1. The van der Waals surface area contributed by atoms with Gasteiger partial charge in [-0.3, -0.25) is 0 Å². The van der Waals surface area contributed by atoms with E-state index in [1.807, 2.05) is 24.3 Å². The van der Waals surface area contributed by atoms with Crippen molar-refractivity contribution in [1.29, 1.82) is 0 Å².